The zero-order valence-electron chi connectivity index (χ0n) is 9.51. The Kier molecular flexibility index (Phi) is 3.36. The number of rotatable bonds is 2. The molecule has 0 bridgehead atoms. The number of nitrogens with zero attached hydrogens (tertiary/aromatic N) is 1. The Bertz CT molecular complexity index is 160. The van der Waals surface area contributed by atoms with Crippen LogP contribution in [0, 0.1) is 5.41 Å². The molecular formula is C11H24N2. The fourth-order valence-corrected chi connectivity index (χ4v) is 2.38. The van der Waals surface area contributed by atoms with Crippen molar-refractivity contribution in [1.82, 2.24) is 4.90 Å². The summed E-state index contributed by atoms with van der Waals surface area (Å²) in [4.78, 5) is 2.44. The molecule has 0 amide bonds. The second kappa shape index (κ2) is 3.97. The van der Waals surface area contributed by atoms with E-state index in [1.54, 1.807) is 0 Å². The quantitative estimate of drug-likeness (QED) is 0.709. The fraction of sp³-hybridized carbons (Fsp3) is 1.00. The van der Waals surface area contributed by atoms with E-state index in [1.165, 1.54) is 19.3 Å². The molecule has 0 aromatic carbocycles. The highest BCUT2D eigenvalue weighted by atomic mass is 15.2. The smallest absolute Gasteiger partial charge is 0.0244 e. The van der Waals surface area contributed by atoms with Crippen molar-refractivity contribution in [3.8, 4) is 0 Å². The van der Waals surface area contributed by atoms with E-state index in [0.717, 1.165) is 6.54 Å². The first-order valence-electron chi connectivity index (χ1n) is 5.36. The number of hydrogen-bond acceptors (Lipinski definition) is 2. The van der Waals surface area contributed by atoms with Crippen LogP contribution in [0.1, 0.15) is 40.0 Å². The summed E-state index contributed by atoms with van der Waals surface area (Å²) in [5.41, 5.74) is 6.44. The van der Waals surface area contributed by atoms with Crippen molar-refractivity contribution in [2.45, 2.75) is 52.1 Å². The van der Waals surface area contributed by atoms with Gasteiger partial charge in [-0.25, -0.2) is 0 Å². The predicted molar refractivity (Wildman–Crippen MR) is 57.7 cm³/mol. The number of likely N-dealkylation sites (N-methyl/N-ethyl adjacent to an activating group) is 1. The third-order valence-corrected chi connectivity index (χ3v) is 2.82. The second-order valence-electron chi connectivity index (χ2n) is 5.64. The van der Waals surface area contributed by atoms with Crippen LogP contribution in [0.4, 0.5) is 0 Å². The molecule has 1 aliphatic rings. The molecule has 0 saturated heterocycles. The lowest BCUT2D eigenvalue weighted by atomic mass is 9.95. The van der Waals surface area contributed by atoms with Gasteiger partial charge in [-0.1, -0.05) is 27.2 Å². The highest BCUT2D eigenvalue weighted by Crippen LogP contribution is 2.24. The summed E-state index contributed by atoms with van der Waals surface area (Å²) < 4.78 is 0. The minimum Gasteiger partial charge on any atom is -0.326 e. The first kappa shape index (κ1) is 11.0. The molecule has 2 unspecified atom stereocenters. The molecule has 2 nitrogen and oxygen atoms in total. The van der Waals surface area contributed by atoms with Crippen molar-refractivity contribution in [3.05, 3.63) is 0 Å². The van der Waals surface area contributed by atoms with E-state index >= 15 is 0 Å². The molecule has 1 aliphatic carbocycles. The Morgan fingerprint density at radius 1 is 1.31 bits per heavy atom. The lowest BCUT2D eigenvalue weighted by Crippen LogP contribution is -2.45. The molecule has 2 heteroatoms. The molecule has 0 heterocycles. The largest absolute Gasteiger partial charge is 0.326 e. The average molecular weight is 184 g/mol. The molecule has 2 N–H and O–H groups in total. The highest BCUT2D eigenvalue weighted by Gasteiger charge is 2.29. The lowest BCUT2D eigenvalue weighted by Gasteiger charge is -2.33. The monoisotopic (exact) mass is 184 g/mol. The summed E-state index contributed by atoms with van der Waals surface area (Å²) in [6.45, 7) is 7.99. The third-order valence-electron chi connectivity index (χ3n) is 2.82. The third kappa shape index (κ3) is 3.28. The van der Waals surface area contributed by atoms with Gasteiger partial charge < -0.3 is 10.6 Å². The molecular weight excluding hydrogens is 160 g/mol. The van der Waals surface area contributed by atoms with Gasteiger partial charge in [0.25, 0.3) is 0 Å². The van der Waals surface area contributed by atoms with Crippen molar-refractivity contribution in [2.24, 2.45) is 11.1 Å². The minimum atomic E-state index is 0.386. The van der Waals surface area contributed by atoms with Crippen LogP contribution in [0.15, 0.2) is 0 Å². The van der Waals surface area contributed by atoms with E-state index in [0.29, 0.717) is 17.5 Å². The molecule has 1 rings (SSSR count). The van der Waals surface area contributed by atoms with Crippen LogP contribution in [0.5, 0.6) is 0 Å². The van der Waals surface area contributed by atoms with Crippen LogP contribution in [-0.4, -0.2) is 30.6 Å². The van der Waals surface area contributed by atoms with Gasteiger partial charge in [-0.3, -0.25) is 0 Å². The topological polar surface area (TPSA) is 29.3 Å². The maximum absolute atomic E-state index is 6.06. The van der Waals surface area contributed by atoms with Crippen LogP contribution >= 0.6 is 0 Å². The Balaban J connectivity index is 2.43. The van der Waals surface area contributed by atoms with Crippen molar-refractivity contribution >= 4 is 0 Å². The summed E-state index contributed by atoms with van der Waals surface area (Å²) in [7, 11) is 2.21. The molecule has 13 heavy (non-hydrogen) atoms. The van der Waals surface area contributed by atoms with Crippen molar-refractivity contribution in [2.75, 3.05) is 13.6 Å². The van der Waals surface area contributed by atoms with Crippen LogP contribution < -0.4 is 5.73 Å². The van der Waals surface area contributed by atoms with Gasteiger partial charge in [0.05, 0.1) is 0 Å². The average Bonchev–Trinajstić information content (AvgIpc) is 2.30. The number of nitrogens with two attached hydrogens (primary N) is 1. The Morgan fingerprint density at radius 2 is 1.92 bits per heavy atom. The normalized spacial score (nSPS) is 30.0. The summed E-state index contributed by atoms with van der Waals surface area (Å²) in [5.74, 6) is 0. The van der Waals surface area contributed by atoms with Crippen LogP contribution in [0.25, 0.3) is 0 Å². The van der Waals surface area contributed by atoms with Crippen molar-refractivity contribution in [1.29, 1.82) is 0 Å². The highest BCUT2D eigenvalue weighted by molar-refractivity contribution is 4.88. The van der Waals surface area contributed by atoms with Gasteiger partial charge in [0, 0.05) is 18.6 Å². The standard InChI is InChI=1S/C11H24N2/c1-11(2,3)8-13(4)10-7-5-6-9(10)12/h9-10H,5-8,12H2,1-4H3. The molecule has 0 aliphatic heterocycles. The van der Waals surface area contributed by atoms with E-state index in [2.05, 4.69) is 32.7 Å². The first-order valence-corrected chi connectivity index (χ1v) is 5.36. The van der Waals surface area contributed by atoms with Gasteiger partial charge >= 0.3 is 0 Å². The predicted octanol–water partition coefficient (Wildman–Crippen LogP) is 1.84. The molecule has 78 valence electrons. The Labute approximate surface area is 82.5 Å². The molecule has 0 radical (unpaired) electrons. The molecule has 0 spiro atoms. The van der Waals surface area contributed by atoms with E-state index in [9.17, 15) is 0 Å². The van der Waals surface area contributed by atoms with E-state index in [1.807, 2.05) is 0 Å². The van der Waals surface area contributed by atoms with Gasteiger partial charge in [0.1, 0.15) is 0 Å². The second-order valence-corrected chi connectivity index (χ2v) is 5.64. The maximum Gasteiger partial charge on any atom is 0.0244 e. The van der Waals surface area contributed by atoms with Crippen molar-refractivity contribution in [3.63, 3.8) is 0 Å². The Morgan fingerprint density at radius 3 is 2.31 bits per heavy atom. The Hall–Kier alpha value is -0.0800. The zero-order chi connectivity index (χ0) is 10.1. The molecule has 1 saturated carbocycles. The van der Waals surface area contributed by atoms with Crippen molar-refractivity contribution < 1.29 is 0 Å². The molecule has 0 aromatic rings. The van der Waals surface area contributed by atoms with E-state index in [-0.39, 0.29) is 0 Å². The lowest BCUT2D eigenvalue weighted by molar-refractivity contribution is 0.163. The summed E-state index contributed by atoms with van der Waals surface area (Å²) in [6.07, 6.45) is 3.80. The van der Waals surface area contributed by atoms with E-state index in [4.69, 9.17) is 5.73 Å². The van der Waals surface area contributed by atoms with E-state index < -0.39 is 0 Å². The molecule has 0 aromatic heterocycles. The first-order chi connectivity index (χ1) is 5.90. The SMILES string of the molecule is CN(CC(C)(C)C)C1CCCC1N. The summed E-state index contributed by atoms with van der Waals surface area (Å²) >= 11 is 0. The summed E-state index contributed by atoms with van der Waals surface area (Å²) in [5, 5.41) is 0. The van der Waals surface area contributed by atoms with Crippen LogP contribution in [0.2, 0.25) is 0 Å². The van der Waals surface area contributed by atoms with Gasteiger partial charge in [-0.2, -0.15) is 0 Å². The van der Waals surface area contributed by atoms with Gasteiger partial charge in [-0.15, -0.1) is 0 Å². The molecule has 2 atom stereocenters. The van der Waals surface area contributed by atoms with Gasteiger partial charge in [-0.05, 0) is 25.3 Å². The summed E-state index contributed by atoms with van der Waals surface area (Å²) in [6, 6.07) is 1.03. The fourth-order valence-electron chi connectivity index (χ4n) is 2.38. The zero-order valence-corrected chi connectivity index (χ0v) is 9.51. The molecule has 1 fully saturated rings. The van der Waals surface area contributed by atoms with Crippen LogP contribution in [0.3, 0.4) is 0 Å². The van der Waals surface area contributed by atoms with Gasteiger partial charge in [0.2, 0.25) is 0 Å². The maximum atomic E-state index is 6.06. The number of hydrogen-bond donors (Lipinski definition) is 1. The minimum absolute atomic E-state index is 0.386. The van der Waals surface area contributed by atoms with Crippen LogP contribution in [-0.2, 0) is 0 Å². The van der Waals surface area contributed by atoms with Gasteiger partial charge in [0.15, 0.2) is 0 Å².